The zero-order chi connectivity index (χ0) is 5.70. The first-order valence-electron chi connectivity index (χ1n) is 2.49. The van der Waals surface area contributed by atoms with E-state index in [0.717, 1.165) is 12.8 Å². The van der Waals surface area contributed by atoms with Gasteiger partial charge in [0.25, 0.3) is 0 Å². The van der Waals surface area contributed by atoms with Crippen molar-refractivity contribution < 1.29 is 27.0 Å². The van der Waals surface area contributed by atoms with E-state index in [1.807, 2.05) is 6.92 Å². The zero-order valence-corrected chi connectivity index (χ0v) is 5.72. The Balaban J connectivity index is 0. The van der Waals surface area contributed by atoms with Crippen LogP contribution in [0, 0.1) is 0 Å². The van der Waals surface area contributed by atoms with E-state index >= 15 is 0 Å². The van der Waals surface area contributed by atoms with E-state index in [4.69, 9.17) is 5.11 Å². The summed E-state index contributed by atoms with van der Waals surface area (Å²) in [5.41, 5.74) is 0. The van der Waals surface area contributed by atoms with E-state index in [-0.39, 0.29) is 17.1 Å². The Bertz CT molecular complexity index is 63.4. The molecule has 0 aliphatic heterocycles. The Hall–Kier alpha value is -0.0105. The molecule has 8 heavy (non-hydrogen) atoms. The molecule has 0 unspecified atom stereocenters. The number of hydrogen-bond donors (Lipinski definition) is 1. The molecule has 0 aliphatic carbocycles. The van der Waals surface area contributed by atoms with Gasteiger partial charge in [0, 0.05) is 23.5 Å². The van der Waals surface area contributed by atoms with Gasteiger partial charge in [0.1, 0.15) is 0 Å². The predicted octanol–water partition coefficient (Wildman–Crippen LogP) is 1.26. The molecule has 0 saturated heterocycles. The molecule has 0 aliphatic rings. The summed E-state index contributed by atoms with van der Waals surface area (Å²) >= 11 is 0. The van der Waals surface area contributed by atoms with Crippen LogP contribution in [-0.4, -0.2) is 11.1 Å². The number of aliphatic carboxylic acids is 1. The second kappa shape index (κ2) is 6.99. The first kappa shape index (κ1) is 10.9. The van der Waals surface area contributed by atoms with Gasteiger partial charge in [-0.25, -0.2) is 0 Å². The van der Waals surface area contributed by atoms with Crippen LogP contribution in [0.3, 0.4) is 0 Å². The van der Waals surface area contributed by atoms with Gasteiger partial charge in [0.05, 0.1) is 0 Å². The number of carbonyl (C=O) groups is 1. The van der Waals surface area contributed by atoms with Gasteiger partial charge in [-0.3, -0.25) is 4.79 Å². The van der Waals surface area contributed by atoms with Crippen molar-refractivity contribution in [2.24, 2.45) is 0 Å². The van der Waals surface area contributed by atoms with Crippen LogP contribution in [0.1, 0.15) is 26.2 Å². The Morgan fingerprint density at radius 2 is 2.12 bits per heavy atom. The molecule has 0 rings (SSSR count). The van der Waals surface area contributed by atoms with E-state index in [0.29, 0.717) is 6.42 Å². The maximum Gasteiger partial charge on any atom is 0.303 e. The fourth-order valence-electron chi connectivity index (χ4n) is 0.328. The predicted molar refractivity (Wildman–Crippen MR) is 27.2 cm³/mol. The maximum absolute atomic E-state index is 9.76. The van der Waals surface area contributed by atoms with E-state index in [1.54, 1.807) is 0 Å². The quantitative estimate of drug-likeness (QED) is 0.640. The number of unbranched alkanes of at least 4 members (excludes halogenated alkanes) is 1. The van der Waals surface area contributed by atoms with Gasteiger partial charge in [-0.2, -0.15) is 0 Å². The molecule has 53 valence electrons. The van der Waals surface area contributed by atoms with Gasteiger partial charge in [-0.05, 0) is 6.42 Å². The summed E-state index contributed by atoms with van der Waals surface area (Å²) in [6, 6.07) is 0. The van der Waals surface area contributed by atoms with Crippen LogP contribution >= 0.6 is 0 Å². The normalized spacial score (nSPS) is 7.62. The molecule has 0 heterocycles. The van der Waals surface area contributed by atoms with Crippen molar-refractivity contribution in [1.29, 1.82) is 0 Å². The summed E-state index contributed by atoms with van der Waals surface area (Å²) in [5, 5.41) is 8.04. The van der Waals surface area contributed by atoms with Crippen molar-refractivity contribution in [1.82, 2.24) is 0 Å². The van der Waals surface area contributed by atoms with Crippen LogP contribution in [0.15, 0.2) is 0 Å². The summed E-state index contributed by atoms with van der Waals surface area (Å²) in [7, 11) is 0. The van der Waals surface area contributed by atoms with Crippen molar-refractivity contribution >= 4 is 5.97 Å². The average molecular weight is 166 g/mol. The fourth-order valence-corrected chi connectivity index (χ4v) is 0.328. The number of rotatable bonds is 3. The van der Waals surface area contributed by atoms with E-state index in [1.165, 1.54) is 0 Å². The topological polar surface area (TPSA) is 37.3 Å². The molecule has 0 spiro atoms. The van der Waals surface area contributed by atoms with Crippen LogP contribution in [0.4, 0.5) is 0 Å². The first-order chi connectivity index (χ1) is 3.27. The smallest absolute Gasteiger partial charge is 0.303 e. The van der Waals surface area contributed by atoms with Gasteiger partial charge in [-0.1, -0.05) is 13.3 Å². The molecule has 0 saturated carbocycles. The third kappa shape index (κ3) is 9.37. The number of carboxylic acid groups (broad SMARTS) is 1. The third-order valence-electron chi connectivity index (χ3n) is 0.744. The summed E-state index contributed by atoms with van der Waals surface area (Å²) in [4.78, 5) is 9.76. The van der Waals surface area contributed by atoms with Gasteiger partial charge in [0.15, 0.2) is 0 Å². The number of carboxylic acids is 1. The molecule has 0 bridgehead atoms. The Morgan fingerprint density at radius 3 is 2.25 bits per heavy atom. The Kier molecular flexibility index (Phi) is 9.51. The van der Waals surface area contributed by atoms with Gasteiger partial charge in [-0.15, -0.1) is 0 Å². The van der Waals surface area contributed by atoms with Gasteiger partial charge < -0.3 is 5.11 Å². The van der Waals surface area contributed by atoms with Crippen molar-refractivity contribution in [3.63, 3.8) is 0 Å². The molecular formula is C5H10CuO2. The molecule has 1 radical (unpaired) electrons. The second-order valence-electron chi connectivity index (χ2n) is 1.50. The first-order valence-corrected chi connectivity index (χ1v) is 2.49. The summed E-state index contributed by atoms with van der Waals surface area (Å²) < 4.78 is 0. The van der Waals surface area contributed by atoms with E-state index in [2.05, 4.69) is 0 Å². The van der Waals surface area contributed by atoms with Crippen LogP contribution in [0.2, 0.25) is 0 Å². The summed E-state index contributed by atoms with van der Waals surface area (Å²) in [6.45, 7) is 1.98. The van der Waals surface area contributed by atoms with Crippen molar-refractivity contribution in [2.45, 2.75) is 26.2 Å². The molecule has 1 N–H and O–H groups in total. The Labute approximate surface area is 59.8 Å². The molecule has 0 atom stereocenters. The molecule has 2 nitrogen and oxygen atoms in total. The van der Waals surface area contributed by atoms with Crippen LogP contribution < -0.4 is 0 Å². The van der Waals surface area contributed by atoms with E-state index < -0.39 is 5.97 Å². The molecular weight excluding hydrogens is 156 g/mol. The minimum atomic E-state index is -0.693. The van der Waals surface area contributed by atoms with Gasteiger partial charge >= 0.3 is 5.97 Å². The van der Waals surface area contributed by atoms with Gasteiger partial charge in [0.2, 0.25) is 0 Å². The van der Waals surface area contributed by atoms with Crippen molar-refractivity contribution in [2.75, 3.05) is 0 Å². The Morgan fingerprint density at radius 1 is 1.62 bits per heavy atom. The number of hydrogen-bond acceptors (Lipinski definition) is 1. The van der Waals surface area contributed by atoms with Crippen molar-refractivity contribution in [3.05, 3.63) is 0 Å². The summed E-state index contributed by atoms with van der Waals surface area (Å²) in [6.07, 6.45) is 2.08. The molecule has 0 fully saturated rings. The zero-order valence-electron chi connectivity index (χ0n) is 4.78. The fraction of sp³-hybridized carbons (Fsp3) is 0.800. The molecule has 0 aromatic rings. The minimum absolute atomic E-state index is 0. The monoisotopic (exact) mass is 165 g/mol. The summed E-state index contributed by atoms with van der Waals surface area (Å²) in [5.74, 6) is -0.693. The van der Waals surface area contributed by atoms with Crippen LogP contribution in [-0.2, 0) is 21.9 Å². The van der Waals surface area contributed by atoms with Crippen LogP contribution in [0.25, 0.3) is 0 Å². The molecule has 0 aromatic carbocycles. The molecule has 3 heteroatoms. The van der Waals surface area contributed by atoms with Crippen LogP contribution in [0.5, 0.6) is 0 Å². The maximum atomic E-state index is 9.76. The average Bonchev–Trinajstić information content (AvgIpc) is 1.61. The van der Waals surface area contributed by atoms with E-state index in [9.17, 15) is 4.79 Å². The SMILES string of the molecule is CCCCC(=O)O.[Cu]. The minimum Gasteiger partial charge on any atom is -0.481 e. The molecule has 0 amide bonds. The molecule has 0 aromatic heterocycles. The van der Waals surface area contributed by atoms with Crippen molar-refractivity contribution in [3.8, 4) is 0 Å². The standard InChI is InChI=1S/C5H10O2.Cu/c1-2-3-4-5(6)7;/h2-4H2,1H3,(H,6,7);. The largest absolute Gasteiger partial charge is 0.481 e. The third-order valence-corrected chi connectivity index (χ3v) is 0.744. The second-order valence-corrected chi connectivity index (χ2v) is 1.50.